The highest BCUT2D eigenvalue weighted by Crippen LogP contribution is 2.22. The van der Waals surface area contributed by atoms with E-state index in [2.05, 4.69) is 24.1 Å². The van der Waals surface area contributed by atoms with Crippen molar-refractivity contribution in [1.29, 1.82) is 0 Å². The van der Waals surface area contributed by atoms with E-state index in [9.17, 15) is 13.2 Å². The number of rotatable bonds is 5. The van der Waals surface area contributed by atoms with Gasteiger partial charge in [0, 0.05) is 38.3 Å². The van der Waals surface area contributed by atoms with Gasteiger partial charge in [0.1, 0.15) is 0 Å². The maximum absolute atomic E-state index is 12.3. The molecule has 0 saturated carbocycles. The summed E-state index contributed by atoms with van der Waals surface area (Å²) in [7, 11) is -3.20. The van der Waals surface area contributed by atoms with Crippen molar-refractivity contribution in [2.45, 2.75) is 58.0 Å². The van der Waals surface area contributed by atoms with Crippen molar-refractivity contribution in [2.24, 2.45) is 5.92 Å². The highest BCUT2D eigenvalue weighted by atomic mass is 32.2. The first-order valence-corrected chi connectivity index (χ1v) is 10.6. The van der Waals surface area contributed by atoms with E-state index in [1.165, 1.54) is 29.8 Å². The van der Waals surface area contributed by atoms with Crippen LogP contribution in [-0.4, -0.2) is 68.0 Å². The third-order valence-corrected chi connectivity index (χ3v) is 6.54. The number of nitrogens with one attached hydrogen (secondary N) is 1. The first kappa shape index (κ1) is 18.7. The largest absolute Gasteiger partial charge is 0.355 e. The molecular formula is C16H31N3O3S. The van der Waals surface area contributed by atoms with Crippen LogP contribution in [0.5, 0.6) is 0 Å². The molecule has 0 aromatic rings. The Balaban J connectivity index is 1.78. The van der Waals surface area contributed by atoms with E-state index in [1.54, 1.807) is 0 Å². The standard InChI is InChI=1S/C16H31N3O3S/c1-13-6-4-7-14(2)19(13)11-9-17-16(20)15-8-5-10-18(12-15)23(3,21)22/h13-15H,4-12H2,1-3H3,(H,17,20)/t13-,14-,15+/m1/s1. The number of carbonyl (C=O) groups is 1. The van der Waals surface area contributed by atoms with Gasteiger partial charge in [0.15, 0.2) is 0 Å². The Hall–Kier alpha value is -0.660. The minimum atomic E-state index is -3.20. The van der Waals surface area contributed by atoms with Crippen LogP contribution < -0.4 is 5.32 Å². The molecule has 0 bridgehead atoms. The van der Waals surface area contributed by atoms with Crippen LogP contribution in [0.3, 0.4) is 0 Å². The van der Waals surface area contributed by atoms with E-state index in [0.29, 0.717) is 31.7 Å². The summed E-state index contributed by atoms with van der Waals surface area (Å²) < 4.78 is 24.7. The number of piperidine rings is 2. The summed E-state index contributed by atoms with van der Waals surface area (Å²) in [6, 6.07) is 1.15. The number of hydrogen-bond acceptors (Lipinski definition) is 4. The van der Waals surface area contributed by atoms with Gasteiger partial charge in [-0.3, -0.25) is 9.69 Å². The van der Waals surface area contributed by atoms with Crippen LogP contribution in [0.1, 0.15) is 46.0 Å². The Labute approximate surface area is 140 Å². The molecule has 0 aliphatic carbocycles. The van der Waals surface area contributed by atoms with Gasteiger partial charge >= 0.3 is 0 Å². The summed E-state index contributed by atoms with van der Waals surface area (Å²) >= 11 is 0. The molecule has 7 heteroatoms. The lowest BCUT2D eigenvalue weighted by Crippen LogP contribution is -2.49. The van der Waals surface area contributed by atoms with Crippen LogP contribution in [-0.2, 0) is 14.8 Å². The van der Waals surface area contributed by atoms with Crippen LogP contribution in [0.2, 0.25) is 0 Å². The number of carbonyl (C=O) groups excluding carboxylic acids is 1. The molecule has 0 unspecified atom stereocenters. The van der Waals surface area contributed by atoms with E-state index in [-0.39, 0.29) is 11.8 Å². The molecular weight excluding hydrogens is 314 g/mol. The van der Waals surface area contributed by atoms with Crippen molar-refractivity contribution in [3.8, 4) is 0 Å². The molecule has 0 radical (unpaired) electrons. The molecule has 3 atom stereocenters. The quantitative estimate of drug-likeness (QED) is 0.808. The van der Waals surface area contributed by atoms with Crippen LogP contribution >= 0.6 is 0 Å². The fourth-order valence-corrected chi connectivity index (χ4v) is 4.74. The Morgan fingerprint density at radius 1 is 1.13 bits per heavy atom. The molecule has 0 aromatic heterocycles. The minimum Gasteiger partial charge on any atom is -0.355 e. The number of sulfonamides is 1. The van der Waals surface area contributed by atoms with Crippen molar-refractivity contribution in [3.05, 3.63) is 0 Å². The predicted molar refractivity (Wildman–Crippen MR) is 91.6 cm³/mol. The molecule has 1 amide bonds. The Kier molecular flexibility index (Phi) is 6.45. The maximum Gasteiger partial charge on any atom is 0.224 e. The number of likely N-dealkylation sites (tertiary alicyclic amines) is 1. The van der Waals surface area contributed by atoms with Gasteiger partial charge in [0.25, 0.3) is 0 Å². The van der Waals surface area contributed by atoms with Crippen molar-refractivity contribution < 1.29 is 13.2 Å². The molecule has 0 aromatic carbocycles. The second-order valence-corrected chi connectivity index (χ2v) is 9.10. The van der Waals surface area contributed by atoms with Gasteiger partial charge in [-0.2, -0.15) is 0 Å². The Morgan fingerprint density at radius 3 is 2.39 bits per heavy atom. The van der Waals surface area contributed by atoms with Crippen molar-refractivity contribution in [2.75, 3.05) is 32.4 Å². The topological polar surface area (TPSA) is 69.7 Å². The van der Waals surface area contributed by atoms with Crippen LogP contribution in [0.15, 0.2) is 0 Å². The molecule has 2 heterocycles. The lowest BCUT2D eigenvalue weighted by atomic mass is 9.97. The fourth-order valence-electron chi connectivity index (χ4n) is 3.83. The Bertz CT molecular complexity index is 499. The van der Waals surface area contributed by atoms with E-state index in [0.717, 1.165) is 19.4 Å². The second kappa shape index (κ2) is 7.94. The lowest BCUT2D eigenvalue weighted by molar-refractivity contribution is -0.126. The number of amides is 1. The monoisotopic (exact) mass is 345 g/mol. The van der Waals surface area contributed by atoms with E-state index < -0.39 is 10.0 Å². The molecule has 6 nitrogen and oxygen atoms in total. The molecule has 2 fully saturated rings. The van der Waals surface area contributed by atoms with E-state index in [4.69, 9.17) is 0 Å². The lowest BCUT2D eigenvalue weighted by Gasteiger charge is -2.39. The molecule has 2 saturated heterocycles. The summed E-state index contributed by atoms with van der Waals surface area (Å²) in [5.74, 6) is -0.217. The molecule has 0 spiro atoms. The van der Waals surface area contributed by atoms with Gasteiger partial charge in [0.2, 0.25) is 15.9 Å². The fraction of sp³-hybridized carbons (Fsp3) is 0.938. The number of hydrogen-bond donors (Lipinski definition) is 1. The zero-order valence-electron chi connectivity index (χ0n) is 14.6. The second-order valence-electron chi connectivity index (χ2n) is 7.12. The molecule has 2 rings (SSSR count). The van der Waals surface area contributed by atoms with Crippen LogP contribution in [0.25, 0.3) is 0 Å². The smallest absolute Gasteiger partial charge is 0.224 e. The zero-order valence-corrected chi connectivity index (χ0v) is 15.4. The molecule has 1 N–H and O–H groups in total. The third-order valence-electron chi connectivity index (χ3n) is 5.27. The maximum atomic E-state index is 12.3. The minimum absolute atomic E-state index is 0.00401. The molecule has 2 aliphatic heterocycles. The summed E-state index contributed by atoms with van der Waals surface area (Å²) in [6.07, 6.45) is 6.48. The summed E-state index contributed by atoms with van der Waals surface area (Å²) in [4.78, 5) is 14.8. The highest BCUT2D eigenvalue weighted by molar-refractivity contribution is 7.88. The van der Waals surface area contributed by atoms with Gasteiger partial charge in [-0.25, -0.2) is 12.7 Å². The van der Waals surface area contributed by atoms with Crippen molar-refractivity contribution in [3.63, 3.8) is 0 Å². The highest BCUT2D eigenvalue weighted by Gasteiger charge is 2.30. The van der Waals surface area contributed by atoms with E-state index >= 15 is 0 Å². The van der Waals surface area contributed by atoms with Crippen molar-refractivity contribution >= 4 is 15.9 Å². The van der Waals surface area contributed by atoms with Gasteiger partial charge in [-0.05, 0) is 39.5 Å². The van der Waals surface area contributed by atoms with Gasteiger partial charge in [0.05, 0.1) is 12.2 Å². The zero-order chi connectivity index (χ0) is 17.0. The average molecular weight is 346 g/mol. The van der Waals surface area contributed by atoms with Gasteiger partial charge < -0.3 is 5.32 Å². The molecule has 134 valence electrons. The normalized spacial score (nSPS) is 31.0. The number of nitrogens with zero attached hydrogens (tertiary/aromatic N) is 2. The molecule has 2 aliphatic rings. The Morgan fingerprint density at radius 2 is 1.78 bits per heavy atom. The van der Waals surface area contributed by atoms with E-state index in [1.807, 2.05) is 0 Å². The van der Waals surface area contributed by atoms with Crippen LogP contribution in [0, 0.1) is 5.92 Å². The van der Waals surface area contributed by atoms with Gasteiger partial charge in [-0.1, -0.05) is 6.42 Å². The summed E-state index contributed by atoms with van der Waals surface area (Å²) in [5, 5.41) is 3.01. The van der Waals surface area contributed by atoms with Crippen molar-refractivity contribution in [1.82, 2.24) is 14.5 Å². The van der Waals surface area contributed by atoms with Gasteiger partial charge in [-0.15, -0.1) is 0 Å². The summed E-state index contributed by atoms with van der Waals surface area (Å²) in [6.45, 7) is 6.87. The van der Waals surface area contributed by atoms with Crippen LogP contribution in [0.4, 0.5) is 0 Å². The first-order chi connectivity index (χ1) is 10.8. The third kappa shape index (κ3) is 5.16. The predicted octanol–water partition coefficient (Wildman–Crippen LogP) is 1.04. The summed E-state index contributed by atoms with van der Waals surface area (Å²) in [5.41, 5.74) is 0. The average Bonchev–Trinajstić information content (AvgIpc) is 2.49. The first-order valence-electron chi connectivity index (χ1n) is 8.77. The SMILES string of the molecule is C[C@@H]1CCC[C@@H](C)N1CCNC(=O)[C@H]1CCCN(S(C)(=O)=O)C1. The molecule has 23 heavy (non-hydrogen) atoms.